The third kappa shape index (κ3) is 2.69. The molecule has 0 amide bonds. The summed E-state index contributed by atoms with van der Waals surface area (Å²) in [6.45, 7) is 0. The van der Waals surface area contributed by atoms with E-state index in [-0.39, 0.29) is 12.1 Å². The molecule has 4 rings (SSSR count). The van der Waals surface area contributed by atoms with Crippen molar-refractivity contribution in [2.45, 2.75) is 18.5 Å². The predicted octanol–water partition coefficient (Wildman–Crippen LogP) is 2.41. The number of tetrazole rings is 1. The fraction of sp³-hybridized carbons (Fsp3) is 0.235. The average molecular weight is 322 g/mol. The van der Waals surface area contributed by atoms with Crippen LogP contribution in [0.15, 0.2) is 54.6 Å². The minimum atomic E-state index is 0.110. The number of anilines is 1. The molecule has 1 saturated heterocycles. The maximum atomic E-state index is 5.25. The van der Waals surface area contributed by atoms with Gasteiger partial charge in [-0.15, -0.1) is 5.10 Å². The van der Waals surface area contributed by atoms with Gasteiger partial charge in [-0.2, -0.15) is 5.21 Å². The van der Waals surface area contributed by atoms with Crippen LogP contribution >= 0.6 is 0 Å². The molecule has 3 aromatic rings. The van der Waals surface area contributed by atoms with Crippen molar-refractivity contribution in [1.29, 1.82) is 0 Å². The first-order valence-electron chi connectivity index (χ1n) is 7.83. The van der Waals surface area contributed by atoms with Crippen molar-refractivity contribution in [1.82, 2.24) is 26.0 Å². The van der Waals surface area contributed by atoms with Gasteiger partial charge in [0.15, 0.2) is 0 Å². The summed E-state index contributed by atoms with van der Waals surface area (Å²) >= 11 is 0. The molecule has 2 unspecified atom stereocenters. The normalized spacial score (nSPS) is 20.3. The molecule has 0 spiro atoms. The zero-order valence-corrected chi connectivity index (χ0v) is 13.3. The number of benzene rings is 2. The number of methoxy groups -OCH3 is 1. The van der Waals surface area contributed by atoms with Crippen LogP contribution in [0.25, 0.3) is 0 Å². The van der Waals surface area contributed by atoms with Crippen molar-refractivity contribution < 1.29 is 4.74 Å². The van der Waals surface area contributed by atoms with Crippen molar-refractivity contribution >= 4 is 5.95 Å². The number of ether oxygens (including phenoxy) is 1. The molecule has 122 valence electrons. The SMILES string of the molecule is COc1ccc(C2CC(c3ccccc3)NN2c2nn[nH]n2)cc1. The summed E-state index contributed by atoms with van der Waals surface area (Å²) in [5.74, 6) is 1.38. The lowest BCUT2D eigenvalue weighted by atomic mass is 9.97. The minimum absolute atomic E-state index is 0.110. The highest BCUT2D eigenvalue weighted by molar-refractivity contribution is 5.39. The van der Waals surface area contributed by atoms with Gasteiger partial charge in [-0.3, -0.25) is 5.01 Å². The Morgan fingerprint density at radius 1 is 1.04 bits per heavy atom. The van der Waals surface area contributed by atoms with Crippen LogP contribution in [-0.2, 0) is 0 Å². The lowest BCUT2D eigenvalue weighted by molar-refractivity contribution is 0.414. The summed E-state index contributed by atoms with van der Waals surface area (Å²) < 4.78 is 5.25. The molecule has 0 aliphatic carbocycles. The van der Waals surface area contributed by atoms with Gasteiger partial charge in [0.1, 0.15) is 5.75 Å². The lowest BCUT2D eigenvalue weighted by Crippen LogP contribution is -2.34. The van der Waals surface area contributed by atoms with E-state index in [4.69, 9.17) is 4.74 Å². The molecule has 1 aliphatic rings. The summed E-state index contributed by atoms with van der Waals surface area (Å²) in [7, 11) is 1.67. The second kappa shape index (κ2) is 6.29. The van der Waals surface area contributed by atoms with Gasteiger partial charge in [-0.05, 0) is 34.9 Å². The van der Waals surface area contributed by atoms with Gasteiger partial charge >= 0.3 is 0 Å². The highest BCUT2D eigenvalue weighted by Crippen LogP contribution is 2.38. The molecule has 2 atom stereocenters. The van der Waals surface area contributed by atoms with E-state index >= 15 is 0 Å². The summed E-state index contributed by atoms with van der Waals surface area (Å²) in [5, 5.41) is 16.4. The predicted molar refractivity (Wildman–Crippen MR) is 89.3 cm³/mol. The van der Waals surface area contributed by atoms with Crippen molar-refractivity contribution in [3.8, 4) is 5.75 Å². The van der Waals surface area contributed by atoms with E-state index in [0.717, 1.165) is 12.2 Å². The Morgan fingerprint density at radius 3 is 2.50 bits per heavy atom. The Balaban J connectivity index is 1.66. The lowest BCUT2D eigenvalue weighted by Gasteiger charge is -2.22. The fourth-order valence-electron chi connectivity index (χ4n) is 3.10. The molecule has 0 saturated carbocycles. The largest absolute Gasteiger partial charge is 0.497 e. The van der Waals surface area contributed by atoms with Gasteiger partial charge in [0.25, 0.3) is 5.95 Å². The first-order valence-corrected chi connectivity index (χ1v) is 7.83. The first-order chi connectivity index (χ1) is 11.8. The van der Waals surface area contributed by atoms with Gasteiger partial charge in [-0.25, -0.2) is 5.43 Å². The molecule has 1 aromatic heterocycles. The first kappa shape index (κ1) is 14.6. The number of hydrogen-bond acceptors (Lipinski definition) is 6. The quantitative estimate of drug-likeness (QED) is 0.768. The average Bonchev–Trinajstić information content (AvgIpc) is 3.32. The zero-order chi connectivity index (χ0) is 16.4. The number of aromatic amines is 1. The van der Waals surface area contributed by atoms with Crippen LogP contribution in [0.5, 0.6) is 5.75 Å². The van der Waals surface area contributed by atoms with E-state index in [1.165, 1.54) is 11.1 Å². The summed E-state index contributed by atoms with van der Waals surface area (Å²) in [6.07, 6.45) is 0.908. The number of aromatic nitrogens is 4. The van der Waals surface area contributed by atoms with Gasteiger partial charge < -0.3 is 4.74 Å². The maximum absolute atomic E-state index is 5.25. The molecule has 0 bridgehead atoms. The number of hydrazine groups is 1. The van der Waals surface area contributed by atoms with Crippen molar-refractivity contribution in [2.24, 2.45) is 0 Å². The molecule has 7 heteroatoms. The van der Waals surface area contributed by atoms with Crippen LogP contribution in [0.3, 0.4) is 0 Å². The van der Waals surface area contributed by atoms with Gasteiger partial charge in [0, 0.05) is 0 Å². The molecule has 2 heterocycles. The van der Waals surface area contributed by atoms with E-state index in [2.05, 4.69) is 62.4 Å². The number of H-pyrrole nitrogens is 1. The number of nitrogens with zero attached hydrogens (tertiary/aromatic N) is 4. The van der Waals surface area contributed by atoms with Crippen LogP contribution in [-0.4, -0.2) is 27.7 Å². The highest BCUT2D eigenvalue weighted by atomic mass is 16.5. The molecule has 2 N–H and O–H groups in total. The molecule has 1 aliphatic heterocycles. The van der Waals surface area contributed by atoms with E-state index in [9.17, 15) is 0 Å². The van der Waals surface area contributed by atoms with Crippen molar-refractivity contribution in [3.63, 3.8) is 0 Å². The summed E-state index contributed by atoms with van der Waals surface area (Å²) in [4.78, 5) is 0. The third-order valence-corrected chi connectivity index (χ3v) is 4.32. The molecule has 1 fully saturated rings. The van der Waals surface area contributed by atoms with E-state index in [1.54, 1.807) is 7.11 Å². The van der Waals surface area contributed by atoms with Crippen LogP contribution in [0.1, 0.15) is 29.6 Å². The van der Waals surface area contributed by atoms with E-state index in [1.807, 2.05) is 23.2 Å². The Labute approximate surface area is 139 Å². The maximum Gasteiger partial charge on any atom is 0.280 e. The van der Waals surface area contributed by atoms with Crippen molar-refractivity contribution in [2.75, 3.05) is 12.1 Å². The minimum Gasteiger partial charge on any atom is -0.497 e. The van der Waals surface area contributed by atoms with Crippen LogP contribution in [0.2, 0.25) is 0 Å². The van der Waals surface area contributed by atoms with E-state index in [0.29, 0.717) is 5.95 Å². The second-order valence-electron chi connectivity index (χ2n) is 5.70. The number of hydrogen-bond donors (Lipinski definition) is 2. The standard InChI is InChI=1S/C17H18N6O/c1-24-14-9-7-13(8-10-14)16-11-15(12-5-3-2-4-6-12)20-23(16)17-18-21-22-19-17/h2-10,15-16,20H,11H2,1H3,(H,18,19,21,22). The molecule has 2 aromatic carbocycles. The van der Waals surface area contributed by atoms with Gasteiger partial charge in [-0.1, -0.05) is 47.6 Å². The second-order valence-corrected chi connectivity index (χ2v) is 5.70. The van der Waals surface area contributed by atoms with E-state index < -0.39 is 0 Å². The Hall–Kier alpha value is -2.93. The van der Waals surface area contributed by atoms with Gasteiger partial charge in [0.05, 0.1) is 19.2 Å². The Kier molecular flexibility index (Phi) is 3.84. The van der Waals surface area contributed by atoms with Crippen LogP contribution in [0, 0.1) is 0 Å². The van der Waals surface area contributed by atoms with Crippen LogP contribution < -0.4 is 15.2 Å². The number of nitrogens with one attached hydrogen (secondary N) is 2. The smallest absolute Gasteiger partial charge is 0.280 e. The zero-order valence-electron chi connectivity index (χ0n) is 13.3. The molecular weight excluding hydrogens is 304 g/mol. The Bertz CT molecular complexity index is 775. The monoisotopic (exact) mass is 322 g/mol. The molecule has 0 radical (unpaired) electrons. The molecule has 24 heavy (non-hydrogen) atoms. The third-order valence-electron chi connectivity index (χ3n) is 4.32. The van der Waals surface area contributed by atoms with Crippen LogP contribution in [0.4, 0.5) is 5.95 Å². The fourth-order valence-corrected chi connectivity index (χ4v) is 3.10. The summed E-state index contributed by atoms with van der Waals surface area (Å²) in [6, 6.07) is 18.8. The Morgan fingerprint density at radius 2 is 1.83 bits per heavy atom. The molecular formula is C17H18N6O. The topological polar surface area (TPSA) is 79.0 Å². The molecule has 7 nitrogen and oxygen atoms in total. The van der Waals surface area contributed by atoms with Gasteiger partial charge in [0.2, 0.25) is 0 Å². The number of rotatable bonds is 4. The summed E-state index contributed by atoms with van der Waals surface area (Å²) in [5.41, 5.74) is 5.91. The highest BCUT2D eigenvalue weighted by Gasteiger charge is 2.35. The van der Waals surface area contributed by atoms with Crippen molar-refractivity contribution in [3.05, 3.63) is 65.7 Å².